The van der Waals surface area contributed by atoms with Crippen LogP contribution in [-0.4, -0.2) is 8.42 Å². The first-order chi connectivity index (χ1) is 8.82. The van der Waals surface area contributed by atoms with Gasteiger partial charge in [0.15, 0.2) is 0 Å². The van der Waals surface area contributed by atoms with Crippen LogP contribution in [0.1, 0.15) is 11.1 Å². The van der Waals surface area contributed by atoms with Crippen molar-refractivity contribution in [3.8, 4) is 0 Å². The molecule has 5 heteroatoms. The standard InChI is InChI=1S/C14H14O2S3/c1-9-7-11(3-5-13(9)17)19(15,16)12-4-6-14(18)10(2)8-12/h3-8,17-18H,1-2H3. The molecule has 0 bridgehead atoms. The van der Waals surface area contributed by atoms with E-state index in [-0.39, 0.29) is 9.79 Å². The van der Waals surface area contributed by atoms with E-state index < -0.39 is 9.84 Å². The van der Waals surface area contributed by atoms with Gasteiger partial charge in [-0.2, -0.15) is 0 Å². The van der Waals surface area contributed by atoms with Crippen molar-refractivity contribution in [2.45, 2.75) is 33.4 Å². The van der Waals surface area contributed by atoms with E-state index in [1.165, 1.54) is 0 Å². The summed E-state index contributed by atoms with van der Waals surface area (Å²) in [5.41, 5.74) is 1.68. The monoisotopic (exact) mass is 310 g/mol. The summed E-state index contributed by atoms with van der Waals surface area (Å²) >= 11 is 8.51. The molecule has 0 aliphatic carbocycles. The van der Waals surface area contributed by atoms with Crippen LogP contribution in [0.2, 0.25) is 0 Å². The highest BCUT2D eigenvalue weighted by Crippen LogP contribution is 2.26. The van der Waals surface area contributed by atoms with Gasteiger partial charge in [0.05, 0.1) is 9.79 Å². The van der Waals surface area contributed by atoms with Gasteiger partial charge in [0.2, 0.25) is 9.84 Å². The second-order valence-electron chi connectivity index (χ2n) is 4.40. The molecule has 0 saturated heterocycles. The van der Waals surface area contributed by atoms with Crippen LogP contribution < -0.4 is 0 Å². The second-order valence-corrected chi connectivity index (χ2v) is 7.31. The summed E-state index contributed by atoms with van der Waals surface area (Å²) in [6.07, 6.45) is 0. The van der Waals surface area contributed by atoms with Crippen LogP contribution in [0, 0.1) is 13.8 Å². The zero-order valence-corrected chi connectivity index (χ0v) is 13.2. The number of thiol groups is 2. The molecule has 2 rings (SSSR count). The Hall–Kier alpha value is -0.910. The van der Waals surface area contributed by atoms with Crippen molar-refractivity contribution in [1.29, 1.82) is 0 Å². The first-order valence-electron chi connectivity index (χ1n) is 5.66. The molecule has 0 aromatic heterocycles. The smallest absolute Gasteiger partial charge is 0.206 e. The van der Waals surface area contributed by atoms with Crippen LogP contribution in [0.3, 0.4) is 0 Å². The minimum atomic E-state index is -3.49. The predicted molar refractivity (Wildman–Crippen MR) is 82.3 cm³/mol. The normalized spacial score (nSPS) is 11.6. The zero-order valence-electron chi connectivity index (χ0n) is 10.6. The Morgan fingerprint density at radius 3 is 1.47 bits per heavy atom. The average molecular weight is 310 g/mol. The molecule has 2 nitrogen and oxygen atoms in total. The number of sulfone groups is 1. The van der Waals surface area contributed by atoms with Gasteiger partial charge in [0, 0.05) is 9.79 Å². The third-order valence-corrected chi connectivity index (χ3v) is 5.71. The summed E-state index contributed by atoms with van der Waals surface area (Å²) in [5, 5.41) is 0. The van der Waals surface area contributed by atoms with E-state index in [0.29, 0.717) is 0 Å². The van der Waals surface area contributed by atoms with Gasteiger partial charge in [-0.15, -0.1) is 25.3 Å². The van der Waals surface area contributed by atoms with E-state index in [1.54, 1.807) is 36.4 Å². The van der Waals surface area contributed by atoms with Gasteiger partial charge < -0.3 is 0 Å². The fourth-order valence-electron chi connectivity index (χ4n) is 1.73. The lowest BCUT2D eigenvalue weighted by Gasteiger charge is -2.08. The van der Waals surface area contributed by atoms with Crippen molar-refractivity contribution in [2.75, 3.05) is 0 Å². The highest BCUT2D eigenvalue weighted by atomic mass is 32.2. The van der Waals surface area contributed by atoms with Gasteiger partial charge in [-0.3, -0.25) is 0 Å². The van der Waals surface area contributed by atoms with E-state index in [0.717, 1.165) is 20.9 Å². The van der Waals surface area contributed by atoms with E-state index in [9.17, 15) is 8.42 Å². The SMILES string of the molecule is Cc1cc(S(=O)(=O)c2ccc(S)c(C)c2)ccc1S. The Bertz CT molecular complexity index is 677. The number of benzene rings is 2. The van der Waals surface area contributed by atoms with E-state index >= 15 is 0 Å². The van der Waals surface area contributed by atoms with Crippen LogP contribution in [0.15, 0.2) is 56.0 Å². The maximum atomic E-state index is 12.5. The van der Waals surface area contributed by atoms with Gasteiger partial charge in [0.25, 0.3) is 0 Å². The molecule has 0 fully saturated rings. The molecule has 0 atom stereocenters. The minimum absolute atomic E-state index is 0.286. The summed E-state index contributed by atoms with van der Waals surface area (Å²) in [6, 6.07) is 9.84. The topological polar surface area (TPSA) is 34.1 Å². The van der Waals surface area contributed by atoms with Gasteiger partial charge in [-0.05, 0) is 61.4 Å². The van der Waals surface area contributed by atoms with Crippen LogP contribution in [0.5, 0.6) is 0 Å². The molecule has 0 saturated carbocycles. The molecule has 0 aliphatic rings. The zero-order chi connectivity index (χ0) is 14.2. The molecule has 19 heavy (non-hydrogen) atoms. The van der Waals surface area contributed by atoms with Crippen LogP contribution in [0.25, 0.3) is 0 Å². The Morgan fingerprint density at radius 1 is 0.789 bits per heavy atom. The number of hydrogen-bond donors (Lipinski definition) is 2. The van der Waals surface area contributed by atoms with Crippen LogP contribution >= 0.6 is 25.3 Å². The molecule has 0 heterocycles. The summed E-state index contributed by atoms with van der Waals surface area (Å²) in [6.45, 7) is 3.67. The Balaban J connectivity index is 2.58. The molecule has 2 aromatic rings. The number of aryl methyl sites for hydroxylation is 2. The Morgan fingerprint density at radius 2 is 1.16 bits per heavy atom. The van der Waals surface area contributed by atoms with Gasteiger partial charge >= 0.3 is 0 Å². The minimum Gasteiger partial charge on any atom is -0.219 e. The number of hydrogen-bond acceptors (Lipinski definition) is 4. The van der Waals surface area contributed by atoms with Crippen molar-refractivity contribution in [3.05, 3.63) is 47.5 Å². The molecular formula is C14H14O2S3. The van der Waals surface area contributed by atoms with Crippen molar-refractivity contribution in [3.63, 3.8) is 0 Å². The van der Waals surface area contributed by atoms with Crippen molar-refractivity contribution in [2.24, 2.45) is 0 Å². The summed E-state index contributed by atoms with van der Waals surface area (Å²) < 4.78 is 25.0. The first kappa shape index (κ1) is 14.5. The molecule has 0 unspecified atom stereocenters. The van der Waals surface area contributed by atoms with Crippen molar-refractivity contribution < 1.29 is 8.42 Å². The quantitative estimate of drug-likeness (QED) is 0.829. The molecule has 100 valence electrons. The average Bonchev–Trinajstić information content (AvgIpc) is 2.35. The lowest BCUT2D eigenvalue weighted by atomic mass is 10.2. The fraction of sp³-hybridized carbons (Fsp3) is 0.143. The Kier molecular flexibility index (Phi) is 3.99. The molecule has 0 spiro atoms. The fourth-order valence-corrected chi connectivity index (χ4v) is 3.43. The highest BCUT2D eigenvalue weighted by Gasteiger charge is 2.18. The van der Waals surface area contributed by atoms with E-state index in [4.69, 9.17) is 0 Å². The lowest BCUT2D eigenvalue weighted by Crippen LogP contribution is -2.03. The molecule has 2 aromatic carbocycles. The second kappa shape index (κ2) is 5.23. The van der Waals surface area contributed by atoms with Crippen molar-refractivity contribution >= 4 is 35.1 Å². The maximum Gasteiger partial charge on any atom is 0.206 e. The number of rotatable bonds is 2. The third-order valence-electron chi connectivity index (χ3n) is 2.96. The third kappa shape index (κ3) is 2.83. The van der Waals surface area contributed by atoms with Crippen LogP contribution in [0.4, 0.5) is 0 Å². The highest BCUT2D eigenvalue weighted by molar-refractivity contribution is 7.91. The van der Waals surface area contributed by atoms with Gasteiger partial charge in [-0.25, -0.2) is 8.42 Å². The van der Waals surface area contributed by atoms with Crippen molar-refractivity contribution in [1.82, 2.24) is 0 Å². The summed E-state index contributed by atoms with van der Waals surface area (Å²) in [4.78, 5) is 2.13. The Labute approximate surface area is 124 Å². The summed E-state index contributed by atoms with van der Waals surface area (Å²) in [7, 11) is -3.49. The molecular weight excluding hydrogens is 296 g/mol. The molecule has 0 amide bonds. The maximum absolute atomic E-state index is 12.5. The predicted octanol–water partition coefficient (Wildman–Crippen LogP) is 3.71. The molecule has 0 radical (unpaired) electrons. The van der Waals surface area contributed by atoms with E-state index in [2.05, 4.69) is 25.3 Å². The first-order valence-corrected chi connectivity index (χ1v) is 8.04. The largest absolute Gasteiger partial charge is 0.219 e. The van der Waals surface area contributed by atoms with Gasteiger partial charge in [0.1, 0.15) is 0 Å². The lowest BCUT2D eigenvalue weighted by molar-refractivity contribution is 0.595. The van der Waals surface area contributed by atoms with E-state index in [1.807, 2.05) is 13.8 Å². The van der Waals surface area contributed by atoms with Gasteiger partial charge in [-0.1, -0.05) is 0 Å². The van der Waals surface area contributed by atoms with Crippen LogP contribution in [-0.2, 0) is 9.84 Å². The molecule has 0 N–H and O–H groups in total. The summed E-state index contributed by atoms with van der Waals surface area (Å²) in [5.74, 6) is 0. The molecule has 0 aliphatic heterocycles.